The van der Waals surface area contributed by atoms with Crippen molar-refractivity contribution in [2.75, 3.05) is 45.2 Å². The van der Waals surface area contributed by atoms with E-state index in [0.29, 0.717) is 55.0 Å². The average molecular weight is 604 g/mol. The number of carbonyl (C=O) groups excluding carboxylic acids is 3. The Morgan fingerprint density at radius 1 is 0.909 bits per heavy atom. The Bertz CT molecular complexity index is 1430. The largest absolute Gasteiger partial charge is 0.495 e. The molecule has 0 N–H and O–H groups in total. The van der Waals surface area contributed by atoms with Crippen LogP contribution in [0, 0.1) is 11.7 Å². The Hall–Kier alpha value is -4.24. The van der Waals surface area contributed by atoms with Gasteiger partial charge in [0.1, 0.15) is 17.2 Å². The molecule has 1 aliphatic rings. The smallest absolute Gasteiger partial charge is 0.410 e. The molecule has 0 unspecified atom stereocenters. The standard InChI is InChI=1S/C35H42FN3O5/c1-35(2,3)44-34(42)37(4)24-25-10-12-28(13-11-25)33(41)39(30-8-6-7-9-31(30)43-5)23-22-38-20-18-27(19-21-38)32(40)26-14-16-29(36)17-15-26/h6-17,27H,18-24H2,1-5H3. The Kier molecular flexibility index (Phi) is 10.8. The summed E-state index contributed by atoms with van der Waals surface area (Å²) in [5.41, 5.74) is 2.02. The lowest BCUT2D eigenvalue weighted by Gasteiger charge is -2.33. The molecule has 0 aliphatic carbocycles. The van der Waals surface area contributed by atoms with Gasteiger partial charge in [0.15, 0.2) is 5.78 Å². The highest BCUT2D eigenvalue weighted by Gasteiger charge is 2.28. The highest BCUT2D eigenvalue weighted by molar-refractivity contribution is 6.07. The summed E-state index contributed by atoms with van der Waals surface area (Å²) >= 11 is 0. The molecule has 2 amide bonds. The highest BCUT2D eigenvalue weighted by atomic mass is 19.1. The van der Waals surface area contributed by atoms with Gasteiger partial charge in [0.05, 0.1) is 12.8 Å². The number of ether oxygens (including phenoxy) is 2. The van der Waals surface area contributed by atoms with Gasteiger partial charge in [-0.3, -0.25) is 9.59 Å². The number of anilines is 1. The molecule has 1 fully saturated rings. The van der Waals surface area contributed by atoms with Crippen LogP contribution in [-0.4, -0.2) is 73.5 Å². The molecule has 3 aromatic rings. The molecule has 0 bridgehead atoms. The quantitative estimate of drug-likeness (QED) is 0.248. The van der Waals surface area contributed by atoms with E-state index in [-0.39, 0.29) is 23.4 Å². The first-order valence-corrected chi connectivity index (χ1v) is 14.9. The molecule has 1 saturated heterocycles. The van der Waals surface area contributed by atoms with Crippen LogP contribution >= 0.6 is 0 Å². The number of nitrogens with zero attached hydrogens (tertiary/aromatic N) is 3. The Labute approximate surface area is 259 Å². The molecule has 44 heavy (non-hydrogen) atoms. The summed E-state index contributed by atoms with van der Waals surface area (Å²) in [4.78, 5) is 44.7. The number of benzene rings is 3. The van der Waals surface area contributed by atoms with E-state index in [0.717, 1.165) is 18.7 Å². The minimum atomic E-state index is -0.582. The molecule has 3 aromatic carbocycles. The summed E-state index contributed by atoms with van der Waals surface area (Å²) in [5.74, 6) is 0.0305. The zero-order valence-corrected chi connectivity index (χ0v) is 26.2. The lowest BCUT2D eigenvalue weighted by molar-refractivity contribution is 0.0285. The zero-order chi connectivity index (χ0) is 31.9. The van der Waals surface area contributed by atoms with E-state index in [9.17, 15) is 18.8 Å². The predicted octanol–water partition coefficient (Wildman–Crippen LogP) is 6.44. The van der Waals surface area contributed by atoms with Gasteiger partial charge in [0.2, 0.25) is 0 Å². The van der Waals surface area contributed by atoms with Gasteiger partial charge < -0.3 is 24.2 Å². The minimum absolute atomic E-state index is 0.0520. The number of Topliss-reactive ketones (excluding diaryl/α,β-unsaturated/α-hetero) is 1. The van der Waals surface area contributed by atoms with Gasteiger partial charge in [0.25, 0.3) is 5.91 Å². The summed E-state index contributed by atoms with van der Waals surface area (Å²) in [6.07, 6.45) is 1.000. The van der Waals surface area contributed by atoms with Gasteiger partial charge in [-0.05, 0) is 101 Å². The maximum Gasteiger partial charge on any atom is 0.410 e. The zero-order valence-electron chi connectivity index (χ0n) is 26.2. The van der Waals surface area contributed by atoms with Crippen molar-refractivity contribution in [3.05, 3.63) is 95.3 Å². The minimum Gasteiger partial charge on any atom is -0.495 e. The predicted molar refractivity (Wildman–Crippen MR) is 169 cm³/mol. The average Bonchev–Trinajstić information content (AvgIpc) is 3.01. The SMILES string of the molecule is COc1ccccc1N(CCN1CCC(C(=O)c2ccc(F)cc2)CC1)C(=O)c1ccc(CN(C)C(=O)OC(C)(C)C)cc1. The molecule has 0 saturated carbocycles. The summed E-state index contributed by atoms with van der Waals surface area (Å²) in [7, 11) is 3.26. The number of ketones is 1. The maximum absolute atomic E-state index is 13.9. The van der Waals surface area contributed by atoms with E-state index < -0.39 is 11.7 Å². The normalized spacial score (nSPS) is 14.1. The number of hydrogen-bond acceptors (Lipinski definition) is 6. The van der Waals surface area contributed by atoms with Crippen LogP contribution in [0.25, 0.3) is 0 Å². The molecule has 0 atom stereocenters. The molecule has 1 aliphatic heterocycles. The van der Waals surface area contributed by atoms with Crippen LogP contribution in [0.3, 0.4) is 0 Å². The van der Waals surface area contributed by atoms with Crippen molar-refractivity contribution in [1.29, 1.82) is 0 Å². The first-order valence-electron chi connectivity index (χ1n) is 14.9. The van der Waals surface area contributed by atoms with Crippen molar-refractivity contribution in [3.63, 3.8) is 0 Å². The third-order valence-corrected chi connectivity index (χ3v) is 7.67. The molecular formula is C35H42FN3O5. The van der Waals surface area contributed by atoms with Crippen molar-refractivity contribution in [2.24, 2.45) is 5.92 Å². The van der Waals surface area contributed by atoms with Gasteiger partial charge >= 0.3 is 6.09 Å². The molecule has 0 radical (unpaired) electrons. The monoisotopic (exact) mass is 603 g/mol. The second kappa shape index (κ2) is 14.5. The van der Waals surface area contributed by atoms with Gasteiger partial charge in [-0.25, -0.2) is 9.18 Å². The van der Waals surface area contributed by atoms with Gasteiger partial charge in [0, 0.05) is 43.7 Å². The van der Waals surface area contributed by atoms with Crippen molar-refractivity contribution in [1.82, 2.24) is 9.80 Å². The Morgan fingerprint density at radius 2 is 1.52 bits per heavy atom. The van der Waals surface area contributed by atoms with Crippen molar-refractivity contribution >= 4 is 23.5 Å². The fourth-order valence-electron chi connectivity index (χ4n) is 5.28. The van der Waals surface area contributed by atoms with Crippen LogP contribution < -0.4 is 9.64 Å². The second-order valence-corrected chi connectivity index (χ2v) is 12.1. The number of amides is 2. The summed E-state index contributed by atoms with van der Waals surface area (Å²) < 4.78 is 24.3. The molecule has 0 spiro atoms. The lowest BCUT2D eigenvalue weighted by Crippen LogP contribution is -2.43. The number of likely N-dealkylation sites (tertiary alicyclic amines) is 1. The topological polar surface area (TPSA) is 79.4 Å². The fourth-order valence-corrected chi connectivity index (χ4v) is 5.28. The van der Waals surface area contributed by atoms with E-state index >= 15 is 0 Å². The number of piperidine rings is 1. The summed E-state index contributed by atoms with van der Waals surface area (Å²) in [6.45, 7) is 8.33. The van der Waals surface area contributed by atoms with Gasteiger partial charge in [-0.2, -0.15) is 0 Å². The van der Waals surface area contributed by atoms with Crippen molar-refractivity contribution < 1.29 is 28.2 Å². The van der Waals surface area contributed by atoms with E-state index in [1.165, 1.54) is 17.0 Å². The number of rotatable bonds is 10. The lowest BCUT2D eigenvalue weighted by atomic mass is 9.89. The van der Waals surface area contributed by atoms with E-state index in [4.69, 9.17) is 9.47 Å². The van der Waals surface area contributed by atoms with Crippen LogP contribution in [0.15, 0.2) is 72.8 Å². The van der Waals surface area contributed by atoms with Gasteiger partial charge in [-0.15, -0.1) is 0 Å². The number of methoxy groups -OCH3 is 1. The van der Waals surface area contributed by atoms with Crippen LogP contribution in [0.4, 0.5) is 14.9 Å². The maximum atomic E-state index is 13.9. The molecule has 1 heterocycles. The molecule has 234 valence electrons. The Morgan fingerprint density at radius 3 is 2.14 bits per heavy atom. The summed E-state index contributed by atoms with van der Waals surface area (Å²) in [5, 5.41) is 0. The number of halogens is 1. The van der Waals surface area contributed by atoms with E-state index in [2.05, 4.69) is 4.90 Å². The fraction of sp³-hybridized carbons (Fsp3) is 0.400. The highest BCUT2D eigenvalue weighted by Crippen LogP contribution is 2.30. The molecular weight excluding hydrogens is 561 g/mol. The number of hydrogen-bond donors (Lipinski definition) is 0. The third kappa shape index (κ3) is 8.66. The molecule has 8 nitrogen and oxygen atoms in total. The number of carbonyl (C=O) groups is 3. The van der Waals surface area contributed by atoms with Crippen molar-refractivity contribution in [3.8, 4) is 5.75 Å². The molecule has 4 rings (SSSR count). The van der Waals surface area contributed by atoms with Crippen LogP contribution in [-0.2, 0) is 11.3 Å². The molecule has 9 heteroatoms. The summed E-state index contributed by atoms with van der Waals surface area (Å²) in [6, 6.07) is 20.4. The third-order valence-electron chi connectivity index (χ3n) is 7.67. The van der Waals surface area contributed by atoms with Crippen molar-refractivity contribution in [2.45, 2.75) is 45.8 Å². The number of para-hydroxylation sites is 2. The Balaban J connectivity index is 1.42. The van der Waals surface area contributed by atoms with Crippen LogP contribution in [0.5, 0.6) is 5.75 Å². The van der Waals surface area contributed by atoms with Gasteiger partial charge in [-0.1, -0.05) is 24.3 Å². The molecule has 0 aromatic heterocycles. The van der Waals surface area contributed by atoms with E-state index in [1.807, 2.05) is 57.2 Å². The first kappa shape index (κ1) is 32.7. The first-order chi connectivity index (χ1) is 20.9. The van der Waals surface area contributed by atoms with Crippen LogP contribution in [0.1, 0.15) is 59.9 Å². The van der Waals surface area contributed by atoms with E-state index in [1.54, 1.807) is 43.3 Å². The second-order valence-electron chi connectivity index (χ2n) is 12.1. The van der Waals surface area contributed by atoms with Crippen LogP contribution in [0.2, 0.25) is 0 Å².